The van der Waals surface area contributed by atoms with Gasteiger partial charge >= 0.3 is 0 Å². The van der Waals surface area contributed by atoms with Gasteiger partial charge in [0.05, 0.1) is 4.91 Å². The van der Waals surface area contributed by atoms with Crippen LogP contribution in [0.4, 0.5) is 0 Å². The molecule has 0 saturated carbocycles. The van der Waals surface area contributed by atoms with Gasteiger partial charge in [-0.1, -0.05) is 48.3 Å². The number of fused-ring (bicyclic) bond motifs is 1. The topological polar surface area (TPSA) is 33.5 Å². The van der Waals surface area contributed by atoms with E-state index in [2.05, 4.69) is 6.58 Å². The number of thioether (sulfide) groups is 1. The summed E-state index contributed by atoms with van der Waals surface area (Å²) < 4.78 is 6.24. The number of carbonyl (C=O) groups excluding carboxylic acids is 1. The van der Waals surface area contributed by atoms with Crippen LogP contribution in [0, 0.1) is 0 Å². The Labute approximate surface area is 125 Å². The second kappa shape index (κ2) is 5.26. The first kappa shape index (κ1) is 13.1. The summed E-state index contributed by atoms with van der Waals surface area (Å²) >= 11 is 6.48. The highest BCUT2D eigenvalue weighted by Gasteiger charge is 2.31. The van der Waals surface area contributed by atoms with E-state index in [-0.39, 0.29) is 5.91 Å². The van der Waals surface area contributed by atoms with Gasteiger partial charge in [0.1, 0.15) is 15.7 Å². The van der Waals surface area contributed by atoms with E-state index in [0.717, 1.165) is 11.0 Å². The second-order valence-corrected chi connectivity index (χ2v) is 5.94. The molecule has 1 aromatic heterocycles. The zero-order valence-electron chi connectivity index (χ0n) is 10.5. The van der Waals surface area contributed by atoms with Crippen LogP contribution in [-0.2, 0) is 4.79 Å². The maximum absolute atomic E-state index is 12.2. The first-order chi connectivity index (χ1) is 9.69. The Hall–Kier alpha value is -1.85. The number of amides is 1. The molecular formula is C15H11NO2S2. The predicted molar refractivity (Wildman–Crippen MR) is 86.3 cm³/mol. The third-order valence-corrected chi connectivity index (χ3v) is 4.28. The van der Waals surface area contributed by atoms with Crippen LogP contribution in [-0.4, -0.2) is 21.7 Å². The number of para-hydroxylation sites is 1. The average Bonchev–Trinajstić information content (AvgIpc) is 2.95. The SMILES string of the molecule is C=CCN1C(=O)C(=Cc2cc3ccccc3o2)SC1=S. The molecule has 3 rings (SSSR count). The molecule has 0 radical (unpaired) electrons. The highest BCUT2D eigenvalue weighted by Crippen LogP contribution is 2.33. The fourth-order valence-corrected chi connectivity index (χ4v) is 3.24. The first-order valence-corrected chi connectivity index (χ1v) is 7.26. The number of carbonyl (C=O) groups is 1. The van der Waals surface area contributed by atoms with E-state index in [4.69, 9.17) is 16.6 Å². The van der Waals surface area contributed by atoms with Crippen molar-refractivity contribution in [2.24, 2.45) is 0 Å². The van der Waals surface area contributed by atoms with Crippen LogP contribution < -0.4 is 0 Å². The first-order valence-electron chi connectivity index (χ1n) is 6.04. The van der Waals surface area contributed by atoms with Crippen LogP contribution in [0.2, 0.25) is 0 Å². The van der Waals surface area contributed by atoms with Crippen molar-refractivity contribution in [1.29, 1.82) is 0 Å². The van der Waals surface area contributed by atoms with Gasteiger partial charge in [0.15, 0.2) is 0 Å². The maximum atomic E-state index is 12.2. The van der Waals surface area contributed by atoms with Gasteiger partial charge in [-0.15, -0.1) is 6.58 Å². The van der Waals surface area contributed by atoms with E-state index < -0.39 is 0 Å². The highest BCUT2D eigenvalue weighted by atomic mass is 32.2. The minimum absolute atomic E-state index is 0.0969. The normalized spacial score (nSPS) is 17.4. The van der Waals surface area contributed by atoms with Crippen molar-refractivity contribution in [2.75, 3.05) is 6.54 Å². The predicted octanol–water partition coefficient (Wildman–Crippen LogP) is 3.82. The van der Waals surface area contributed by atoms with Gasteiger partial charge in [0, 0.05) is 18.0 Å². The lowest BCUT2D eigenvalue weighted by molar-refractivity contribution is -0.121. The standard InChI is InChI=1S/C15H11NO2S2/c1-2-7-16-14(17)13(20-15(16)19)9-11-8-10-5-3-4-6-12(10)18-11/h2-6,8-9H,1,7H2. The van der Waals surface area contributed by atoms with Crippen molar-refractivity contribution in [1.82, 2.24) is 4.90 Å². The number of hydrogen-bond donors (Lipinski definition) is 0. The number of nitrogens with zero attached hydrogens (tertiary/aromatic N) is 1. The summed E-state index contributed by atoms with van der Waals surface area (Å²) in [5.41, 5.74) is 0.806. The molecule has 0 aliphatic carbocycles. The van der Waals surface area contributed by atoms with Crippen molar-refractivity contribution >= 4 is 51.3 Å². The molecule has 1 fully saturated rings. The fraction of sp³-hybridized carbons (Fsp3) is 0.0667. The summed E-state index contributed by atoms with van der Waals surface area (Å²) in [5, 5.41) is 1.01. The number of rotatable bonds is 3. The van der Waals surface area contributed by atoms with Gasteiger partial charge in [-0.3, -0.25) is 9.69 Å². The molecule has 0 atom stereocenters. The Bertz CT molecular complexity index is 712. The molecule has 1 aliphatic heterocycles. The maximum Gasteiger partial charge on any atom is 0.266 e. The summed E-state index contributed by atoms with van der Waals surface area (Å²) in [6.07, 6.45) is 3.40. The van der Waals surface area contributed by atoms with Gasteiger partial charge in [0.2, 0.25) is 0 Å². The van der Waals surface area contributed by atoms with Crippen LogP contribution in [0.1, 0.15) is 5.76 Å². The van der Waals surface area contributed by atoms with Crippen LogP contribution >= 0.6 is 24.0 Å². The van der Waals surface area contributed by atoms with Crippen molar-refractivity contribution < 1.29 is 9.21 Å². The van der Waals surface area contributed by atoms with E-state index in [9.17, 15) is 4.79 Å². The summed E-state index contributed by atoms with van der Waals surface area (Å²) in [5.74, 6) is 0.561. The Morgan fingerprint density at radius 3 is 2.95 bits per heavy atom. The van der Waals surface area contributed by atoms with Gasteiger partial charge in [-0.05, 0) is 12.1 Å². The number of furan rings is 1. The molecule has 1 aliphatic rings. The number of hydrogen-bond acceptors (Lipinski definition) is 4. The van der Waals surface area contributed by atoms with Crippen LogP contribution in [0.25, 0.3) is 17.0 Å². The Morgan fingerprint density at radius 2 is 2.20 bits per heavy atom. The van der Waals surface area contributed by atoms with Crippen molar-refractivity contribution in [3.63, 3.8) is 0 Å². The van der Waals surface area contributed by atoms with E-state index in [1.165, 1.54) is 16.7 Å². The minimum atomic E-state index is -0.0969. The number of benzene rings is 1. The molecular weight excluding hydrogens is 290 g/mol. The number of thiocarbonyl (C=S) groups is 1. The largest absolute Gasteiger partial charge is 0.457 e. The average molecular weight is 301 g/mol. The molecule has 100 valence electrons. The third-order valence-electron chi connectivity index (χ3n) is 2.90. The van der Waals surface area contributed by atoms with Gasteiger partial charge in [-0.2, -0.15) is 0 Å². The quantitative estimate of drug-likeness (QED) is 0.490. The Kier molecular flexibility index (Phi) is 3.46. The van der Waals surface area contributed by atoms with E-state index >= 15 is 0 Å². The molecule has 1 saturated heterocycles. The lowest BCUT2D eigenvalue weighted by Crippen LogP contribution is -2.27. The van der Waals surface area contributed by atoms with E-state index in [0.29, 0.717) is 21.5 Å². The molecule has 2 aromatic rings. The lowest BCUT2D eigenvalue weighted by Gasteiger charge is -2.10. The summed E-state index contributed by atoms with van der Waals surface area (Å²) in [7, 11) is 0. The molecule has 2 heterocycles. The van der Waals surface area contributed by atoms with E-state index in [1.54, 1.807) is 12.2 Å². The van der Waals surface area contributed by atoms with Crippen LogP contribution in [0.3, 0.4) is 0 Å². The van der Waals surface area contributed by atoms with Crippen molar-refractivity contribution in [2.45, 2.75) is 0 Å². The molecule has 5 heteroatoms. The monoisotopic (exact) mass is 301 g/mol. The highest BCUT2D eigenvalue weighted by molar-refractivity contribution is 8.26. The van der Waals surface area contributed by atoms with Gasteiger partial charge in [-0.25, -0.2) is 0 Å². The van der Waals surface area contributed by atoms with Crippen LogP contribution in [0.15, 0.2) is 52.3 Å². The fourth-order valence-electron chi connectivity index (χ4n) is 1.99. The molecule has 20 heavy (non-hydrogen) atoms. The molecule has 1 aromatic carbocycles. The molecule has 0 N–H and O–H groups in total. The van der Waals surface area contributed by atoms with Crippen molar-refractivity contribution in [3.05, 3.63) is 53.7 Å². The minimum Gasteiger partial charge on any atom is -0.457 e. The molecule has 3 nitrogen and oxygen atoms in total. The van der Waals surface area contributed by atoms with Crippen LogP contribution in [0.5, 0.6) is 0 Å². The summed E-state index contributed by atoms with van der Waals surface area (Å²) in [4.78, 5) is 14.3. The summed E-state index contributed by atoms with van der Waals surface area (Å²) in [6, 6.07) is 9.65. The molecule has 0 bridgehead atoms. The zero-order chi connectivity index (χ0) is 14.1. The van der Waals surface area contributed by atoms with Crippen molar-refractivity contribution in [3.8, 4) is 0 Å². The lowest BCUT2D eigenvalue weighted by atomic mass is 10.2. The Morgan fingerprint density at radius 1 is 1.40 bits per heavy atom. The molecule has 0 spiro atoms. The third kappa shape index (κ3) is 2.30. The molecule has 0 unspecified atom stereocenters. The molecule has 1 amide bonds. The second-order valence-electron chi connectivity index (χ2n) is 4.27. The van der Waals surface area contributed by atoms with Gasteiger partial charge < -0.3 is 4.42 Å². The van der Waals surface area contributed by atoms with E-state index in [1.807, 2.05) is 30.3 Å². The summed E-state index contributed by atoms with van der Waals surface area (Å²) in [6.45, 7) is 4.06. The Balaban J connectivity index is 1.94. The van der Waals surface area contributed by atoms with Gasteiger partial charge in [0.25, 0.3) is 5.91 Å². The zero-order valence-corrected chi connectivity index (χ0v) is 12.2. The smallest absolute Gasteiger partial charge is 0.266 e.